The molecule has 1 aliphatic carbocycles. The quantitative estimate of drug-likeness (QED) is 0.704. The minimum absolute atomic E-state index is 0.0322. The van der Waals surface area contributed by atoms with Crippen molar-refractivity contribution in [3.63, 3.8) is 0 Å². The Morgan fingerprint density at radius 3 is 2.82 bits per heavy atom. The Kier molecular flexibility index (Phi) is 6.40. The molecule has 2 rings (SSSR count). The van der Waals surface area contributed by atoms with Crippen LogP contribution in [0.2, 0.25) is 0 Å². The SMILES string of the molecule is O=C(/C=C/c1cncc(O)c1)NC(CCO)C1CCCCC1. The summed E-state index contributed by atoms with van der Waals surface area (Å²) in [6.45, 7) is 0.0850. The molecule has 0 spiro atoms. The number of nitrogens with one attached hydrogen (secondary N) is 1. The summed E-state index contributed by atoms with van der Waals surface area (Å²) >= 11 is 0. The summed E-state index contributed by atoms with van der Waals surface area (Å²) in [6, 6.07) is 1.58. The lowest BCUT2D eigenvalue weighted by atomic mass is 9.82. The van der Waals surface area contributed by atoms with E-state index in [0.29, 0.717) is 17.9 Å². The molecule has 1 saturated carbocycles. The summed E-state index contributed by atoms with van der Waals surface area (Å²) in [5, 5.41) is 21.6. The van der Waals surface area contributed by atoms with Gasteiger partial charge in [0.25, 0.3) is 0 Å². The highest BCUT2D eigenvalue weighted by Crippen LogP contribution is 2.27. The summed E-state index contributed by atoms with van der Waals surface area (Å²) in [5.74, 6) is 0.357. The second-order valence-electron chi connectivity index (χ2n) is 5.84. The van der Waals surface area contributed by atoms with Gasteiger partial charge in [0.15, 0.2) is 0 Å². The molecule has 1 atom stereocenters. The lowest BCUT2D eigenvalue weighted by Crippen LogP contribution is -2.41. The summed E-state index contributed by atoms with van der Waals surface area (Å²) in [7, 11) is 0. The molecule has 1 amide bonds. The molecule has 5 heteroatoms. The number of amides is 1. The van der Waals surface area contributed by atoms with Crippen LogP contribution in [0.3, 0.4) is 0 Å². The largest absolute Gasteiger partial charge is 0.506 e. The molecule has 0 radical (unpaired) electrons. The van der Waals surface area contributed by atoms with Gasteiger partial charge in [-0.1, -0.05) is 19.3 Å². The minimum atomic E-state index is -0.174. The van der Waals surface area contributed by atoms with Crippen LogP contribution in [0.1, 0.15) is 44.1 Å². The molecule has 1 heterocycles. The van der Waals surface area contributed by atoms with E-state index in [0.717, 1.165) is 12.8 Å². The number of aromatic hydroxyl groups is 1. The zero-order valence-corrected chi connectivity index (χ0v) is 12.7. The summed E-state index contributed by atoms with van der Waals surface area (Å²) in [6.07, 6.45) is 12.5. The molecule has 1 aliphatic rings. The Bertz CT molecular complexity index is 510. The number of aromatic nitrogens is 1. The zero-order valence-electron chi connectivity index (χ0n) is 12.7. The van der Waals surface area contributed by atoms with Crippen molar-refractivity contribution in [3.8, 4) is 5.75 Å². The number of hydrogen-bond acceptors (Lipinski definition) is 4. The molecule has 0 bridgehead atoms. The fourth-order valence-electron chi connectivity index (χ4n) is 3.04. The molecule has 0 aliphatic heterocycles. The second-order valence-corrected chi connectivity index (χ2v) is 5.84. The van der Waals surface area contributed by atoms with Gasteiger partial charge in [-0.25, -0.2) is 0 Å². The second kappa shape index (κ2) is 8.54. The van der Waals surface area contributed by atoms with Crippen LogP contribution in [0.25, 0.3) is 6.08 Å². The number of aliphatic hydroxyl groups excluding tert-OH is 1. The number of hydrogen-bond donors (Lipinski definition) is 3. The van der Waals surface area contributed by atoms with Crippen LogP contribution in [0.15, 0.2) is 24.5 Å². The average Bonchev–Trinajstić information content (AvgIpc) is 2.53. The maximum Gasteiger partial charge on any atom is 0.244 e. The maximum absolute atomic E-state index is 12.1. The van der Waals surface area contributed by atoms with E-state index in [9.17, 15) is 15.0 Å². The summed E-state index contributed by atoms with van der Waals surface area (Å²) in [5.41, 5.74) is 0.673. The van der Waals surface area contributed by atoms with E-state index in [4.69, 9.17) is 0 Å². The fourth-order valence-corrected chi connectivity index (χ4v) is 3.04. The van der Waals surface area contributed by atoms with Crippen LogP contribution < -0.4 is 5.32 Å². The number of carbonyl (C=O) groups excluding carboxylic acids is 1. The Hall–Kier alpha value is -1.88. The molecule has 22 heavy (non-hydrogen) atoms. The first kappa shape index (κ1) is 16.5. The van der Waals surface area contributed by atoms with Crippen LogP contribution in [0.5, 0.6) is 5.75 Å². The fraction of sp³-hybridized carbons (Fsp3) is 0.529. The Labute approximate surface area is 131 Å². The lowest BCUT2D eigenvalue weighted by molar-refractivity contribution is -0.117. The lowest BCUT2D eigenvalue weighted by Gasteiger charge is -2.30. The highest BCUT2D eigenvalue weighted by Gasteiger charge is 2.24. The van der Waals surface area contributed by atoms with Crippen molar-refractivity contribution in [2.45, 2.75) is 44.6 Å². The van der Waals surface area contributed by atoms with Crippen molar-refractivity contribution in [1.82, 2.24) is 10.3 Å². The molecule has 1 aromatic rings. The van der Waals surface area contributed by atoms with Crippen molar-refractivity contribution >= 4 is 12.0 Å². The Morgan fingerprint density at radius 1 is 1.36 bits per heavy atom. The van der Waals surface area contributed by atoms with E-state index >= 15 is 0 Å². The van der Waals surface area contributed by atoms with Gasteiger partial charge in [0.2, 0.25) is 5.91 Å². The smallest absolute Gasteiger partial charge is 0.244 e. The zero-order chi connectivity index (χ0) is 15.8. The van der Waals surface area contributed by atoms with Gasteiger partial charge in [-0.3, -0.25) is 9.78 Å². The van der Waals surface area contributed by atoms with Crippen molar-refractivity contribution < 1.29 is 15.0 Å². The van der Waals surface area contributed by atoms with Gasteiger partial charge in [0, 0.05) is 24.9 Å². The molecule has 5 nitrogen and oxygen atoms in total. The first-order valence-electron chi connectivity index (χ1n) is 7.92. The van der Waals surface area contributed by atoms with E-state index < -0.39 is 0 Å². The Morgan fingerprint density at radius 2 is 2.14 bits per heavy atom. The third-order valence-electron chi connectivity index (χ3n) is 4.16. The van der Waals surface area contributed by atoms with E-state index in [1.54, 1.807) is 18.3 Å². The topological polar surface area (TPSA) is 82.5 Å². The third kappa shape index (κ3) is 5.15. The molecule has 1 fully saturated rings. The predicted octanol–water partition coefficient (Wildman–Crippen LogP) is 2.25. The first-order chi connectivity index (χ1) is 10.7. The normalized spacial score (nSPS) is 17.5. The summed E-state index contributed by atoms with van der Waals surface area (Å²) in [4.78, 5) is 15.9. The van der Waals surface area contributed by atoms with Crippen LogP contribution in [0.4, 0.5) is 0 Å². The standard InChI is InChI=1S/C17H24N2O3/c20-9-8-16(14-4-2-1-3-5-14)19-17(22)7-6-13-10-15(21)12-18-11-13/h6-7,10-12,14,16,20-21H,1-5,8-9H2,(H,19,22)/b7-6+. The molecular weight excluding hydrogens is 280 g/mol. The molecular formula is C17H24N2O3. The van der Waals surface area contributed by atoms with Gasteiger partial charge in [-0.2, -0.15) is 0 Å². The van der Waals surface area contributed by atoms with E-state index in [2.05, 4.69) is 10.3 Å². The average molecular weight is 304 g/mol. The molecule has 0 aromatic carbocycles. The van der Waals surface area contributed by atoms with Gasteiger partial charge < -0.3 is 15.5 Å². The molecule has 3 N–H and O–H groups in total. The Balaban J connectivity index is 1.92. The van der Waals surface area contributed by atoms with E-state index in [-0.39, 0.29) is 24.3 Å². The van der Waals surface area contributed by atoms with Crippen LogP contribution in [-0.4, -0.2) is 33.8 Å². The van der Waals surface area contributed by atoms with E-state index in [1.807, 2.05) is 0 Å². The van der Waals surface area contributed by atoms with Crippen LogP contribution in [0, 0.1) is 5.92 Å². The molecule has 1 unspecified atom stereocenters. The van der Waals surface area contributed by atoms with Gasteiger partial charge in [-0.15, -0.1) is 0 Å². The highest BCUT2D eigenvalue weighted by molar-refractivity contribution is 5.91. The van der Waals surface area contributed by atoms with Crippen LogP contribution in [-0.2, 0) is 4.79 Å². The third-order valence-corrected chi connectivity index (χ3v) is 4.16. The number of nitrogens with zero attached hydrogens (tertiary/aromatic N) is 1. The van der Waals surface area contributed by atoms with Crippen LogP contribution >= 0.6 is 0 Å². The monoisotopic (exact) mass is 304 g/mol. The van der Waals surface area contributed by atoms with Crippen molar-refractivity contribution in [2.24, 2.45) is 5.92 Å². The molecule has 120 valence electrons. The van der Waals surface area contributed by atoms with Gasteiger partial charge in [-0.05, 0) is 42.9 Å². The van der Waals surface area contributed by atoms with Crippen molar-refractivity contribution in [2.75, 3.05) is 6.61 Å². The predicted molar refractivity (Wildman–Crippen MR) is 85.1 cm³/mol. The number of aliphatic hydroxyl groups is 1. The molecule has 1 aromatic heterocycles. The number of rotatable bonds is 6. The van der Waals surface area contributed by atoms with E-state index in [1.165, 1.54) is 31.5 Å². The molecule has 0 saturated heterocycles. The number of carbonyl (C=O) groups is 1. The van der Waals surface area contributed by atoms with Crippen molar-refractivity contribution in [1.29, 1.82) is 0 Å². The minimum Gasteiger partial charge on any atom is -0.506 e. The maximum atomic E-state index is 12.1. The summed E-state index contributed by atoms with van der Waals surface area (Å²) < 4.78 is 0. The first-order valence-corrected chi connectivity index (χ1v) is 7.92. The van der Waals surface area contributed by atoms with Gasteiger partial charge >= 0.3 is 0 Å². The van der Waals surface area contributed by atoms with Crippen molar-refractivity contribution in [3.05, 3.63) is 30.1 Å². The number of pyridine rings is 1. The van der Waals surface area contributed by atoms with Gasteiger partial charge in [0.1, 0.15) is 5.75 Å². The highest BCUT2D eigenvalue weighted by atomic mass is 16.3. The van der Waals surface area contributed by atoms with Gasteiger partial charge in [0.05, 0.1) is 6.20 Å².